The zero-order chi connectivity index (χ0) is 12.8. The van der Waals surface area contributed by atoms with Crippen LogP contribution in [0.25, 0.3) is 0 Å². The summed E-state index contributed by atoms with van der Waals surface area (Å²) in [7, 11) is 1.65. The van der Waals surface area contributed by atoms with Crippen LogP contribution >= 0.6 is 11.6 Å². The van der Waals surface area contributed by atoms with Crippen LogP contribution in [0.2, 0.25) is 5.15 Å². The van der Waals surface area contributed by atoms with Crippen molar-refractivity contribution >= 4 is 17.8 Å². The van der Waals surface area contributed by atoms with Crippen molar-refractivity contribution in [2.24, 2.45) is 4.99 Å². The lowest BCUT2D eigenvalue weighted by molar-refractivity contribution is 0.414. The minimum Gasteiger partial charge on any atom is -0.497 e. The van der Waals surface area contributed by atoms with Crippen LogP contribution in [0, 0.1) is 0 Å². The Labute approximate surface area is 111 Å². The summed E-state index contributed by atoms with van der Waals surface area (Å²) < 4.78 is 5.09. The first kappa shape index (κ1) is 12.6. The van der Waals surface area contributed by atoms with Gasteiger partial charge in [-0.3, -0.25) is 4.99 Å². The number of halogens is 1. The monoisotopic (exact) mass is 260 g/mol. The van der Waals surface area contributed by atoms with Gasteiger partial charge in [-0.1, -0.05) is 23.7 Å². The Hall–Kier alpha value is -1.87. The molecule has 2 aromatic rings. The van der Waals surface area contributed by atoms with Crippen molar-refractivity contribution < 1.29 is 4.74 Å². The van der Waals surface area contributed by atoms with E-state index >= 15 is 0 Å². The maximum Gasteiger partial charge on any atom is 0.137 e. The van der Waals surface area contributed by atoms with Gasteiger partial charge in [0.1, 0.15) is 10.9 Å². The van der Waals surface area contributed by atoms with Gasteiger partial charge in [0.15, 0.2) is 0 Å². The van der Waals surface area contributed by atoms with Gasteiger partial charge in [0.25, 0.3) is 0 Å². The number of nitrogens with zero attached hydrogens (tertiary/aromatic N) is 2. The Morgan fingerprint density at radius 1 is 1.28 bits per heavy atom. The van der Waals surface area contributed by atoms with Crippen molar-refractivity contribution in [3.63, 3.8) is 0 Å². The van der Waals surface area contributed by atoms with Crippen molar-refractivity contribution in [2.75, 3.05) is 7.11 Å². The van der Waals surface area contributed by atoms with Gasteiger partial charge in [-0.05, 0) is 29.8 Å². The van der Waals surface area contributed by atoms with Gasteiger partial charge in [-0.2, -0.15) is 0 Å². The second-order valence-electron chi connectivity index (χ2n) is 3.70. The molecule has 18 heavy (non-hydrogen) atoms. The molecule has 3 nitrogen and oxygen atoms in total. The molecule has 0 bridgehead atoms. The number of hydrogen-bond acceptors (Lipinski definition) is 3. The van der Waals surface area contributed by atoms with Crippen molar-refractivity contribution in [3.05, 3.63) is 58.9 Å². The standard InChI is InChI=1S/C14H13ClN2O/c1-18-13-6-4-11(5-7-13)9-16-10-12-3-2-8-17-14(12)15/h2-8,10H,9H2,1H3. The zero-order valence-corrected chi connectivity index (χ0v) is 10.8. The number of rotatable bonds is 4. The summed E-state index contributed by atoms with van der Waals surface area (Å²) in [6.45, 7) is 0.606. The molecule has 0 fully saturated rings. The number of aliphatic imine (C=N–C) groups is 1. The first-order valence-corrected chi connectivity index (χ1v) is 5.90. The van der Waals surface area contributed by atoms with E-state index in [0.717, 1.165) is 16.9 Å². The second kappa shape index (κ2) is 6.17. The summed E-state index contributed by atoms with van der Waals surface area (Å²) in [6, 6.07) is 11.5. The molecule has 0 saturated carbocycles. The Bertz CT molecular complexity index is 538. The van der Waals surface area contributed by atoms with E-state index in [9.17, 15) is 0 Å². The summed E-state index contributed by atoms with van der Waals surface area (Å²) in [5, 5.41) is 0.469. The molecule has 0 saturated heterocycles. The van der Waals surface area contributed by atoms with Crippen LogP contribution in [0.1, 0.15) is 11.1 Å². The minimum atomic E-state index is 0.469. The molecular weight excluding hydrogens is 248 g/mol. The van der Waals surface area contributed by atoms with Gasteiger partial charge in [0, 0.05) is 18.0 Å². The third kappa shape index (κ3) is 3.31. The van der Waals surface area contributed by atoms with Gasteiger partial charge < -0.3 is 4.74 Å². The minimum absolute atomic E-state index is 0.469. The van der Waals surface area contributed by atoms with Crippen LogP contribution in [0.5, 0.6) is 5.75 Å². The molecular formula is C14H13ClN2O. The first-order chi connectivity index (χ1) is 8.79. The van der Waals surface area contributed by atoms with E-state index in [-0.39, 0.29) is 0 Å². The topological polar surface area (TPSA) is 34.5 Å². The number of aromatic nitrogens is 1. The van der Waals surface area contributed by atoms with E-state index in [1.807, 2.05) is 36.4 Å². The smallest absolute Gasteiger partial charge is 0.137 e. The molecule has 0 unspecified atom stereocenters. The predicted octanol–water partition coefficient (Wildman–Crippen LogP) is 3.36. The predicted molar refractivity (Wildman–Crippen MR) is 73.5 cm³/mol. The van der Waals surface area contributed by atoms with Crippen LogP contribution in [-0.4, -0.2) is 18.3 Å². The van der Waals surface area contributed by atoms with E-state index in [1.165, 1.54) is 0 Å². The number of benzene rings is 1. The molecule has 0 aliphatic heterocycles. The average Bonchev–Trinajstić information content (AvgIpc) is 2.42. The molecule has 0 atom stereocenters. The molecule has 0 N–H and O–H groups in total. The third-order valence-electron chi connectivity index (χ3n) is 2.45. The number of ether oxygens (including phenoxy) is 1. The maximum absolute atomic E-state index is 5.93. The van der Waals surface area contributed by atoms with Gasteiger partial charge in [-0.15, -0.1) is 0 Å². The lowest BCUT2D eigenvalue weighted by Crippen LogP contribution is -1.88. The van der Waals surface area contributed by atoms with Crippen molar-refractivity contribution in [3.8, 4) is 5.75 Å². The van der Waals surface area contributed by atoms with Gasteiger partial charge in [0.05, 0.1) is 13.7 Å². The summed E-state index contributed by atoms with van der Waals surface area (Å²) in [6.07, 6.45) is 3.39. The van der Waals surface area contributed by atoms with Crippen molar-refractivity contribution in [2.45, 2.75) is 6.54 Å². The molecule has 4 heteroatoms. The fourth-order valence-corrected chi connectivity index (χ4v) is 1.64. The highest BCUT2D eigenvalue weighted by Crippen LogP contribution is 2.12. The van der Waals surface area contributed by atoms with Crippen molar-refractivity contribution in [1.29, 1.82) is 0 Å². The quantitative estimate of drug-likeness (QED) is 0.624. The molecule has 0 aliphatic rings. The molecule has 1 aromatic heterocycles. The largest absolute Gasteiger partial charge is 0.497 e. The Kier molecular flexibility index (Phi) is 4.31. The molecule has 92 valence electrons. The second-order valence-corrected chi connectivity index (χ2v) is 4.06. The van der Waals surface area contributed by atoms with E-state index < -0.39 is 0 Å². The van der Waals surface area contributed by atoms with E-state index in [2.05, 4.69) is 9.98 Å². The lowest BCUT2D eigenvalue weighted by atomic mass is 10.2. The fourth-order valence-electron chi connectivity index (χ4n) is 1.48. The van der Waals surface area contributed by atoms with Crippen LogP contribution in [0.15, 0.2) is 47.6 Å². The molecule has 0 amide bonds. The van der Waals surface area contributed by atoms with Gasteiger partial charge in [0.2, 0.25) is 0 Å². The highest BCUT2D eigenvalue weighted by atomic mass is 35.5. The molecule has 1 heterocycles. The van der Waals surface area contributed by atoms with Crippen LogP contribution in [0.3, 0.4) is 0 Å². The highest BCUT2D eigenvalue weighted by molar-refractivity contribution is 6.31. The Balaban J connectivity index is 2.00. The SMILES string of the molecule is COc1ccc(CN=Cc2cccnc2Cl)cc1. The van der Waals surface area contributed by atoms with Crippen LogP contribution < -0.4 is 4.74 Å². The summed E-state index contributed by atoms with van der Waals surface area (Å²) in [4.78, 5) is 8.32. The third-order valence-corrected chi connectivity index (χ3v) is 2.77. The summed E-state index contributed by atoms with van der Waals surface area (Å²) in [5.74, 6) is 0.845. The molecule has 0 spiro atoms. The molecule has 0 aliphatic carbocycles. The van der Waals surface area contributed by atoms with Gasteiger partial charge >= 0.3 is 0 Å². The van der Waals surface area contributed by atoms with Gasteiger partial charge in [-0.25, -0.2) is 4.98 Å². The molecule has 0 radical (unpaired) electrons. The van der Waals surface area contributed by atoms with E-state index in [0.29, 0.717) is 11.7 Å². The van der Waals surface area contributed by atoms with E-state index in [1.54, 1.807) is 19.5 Å². The highest BCUT2D eigenvalue weighted by Gasteiger charge is 1.96. The van der Waals surface area contributed by atoms with Crippen molar-refractivity contribution in [1.82, 2.24) is 4.98 Å². The summed E-state index contributed by atoms with van der Waals surface area (Å²) in [5.41, 5.74) is 1.94. The van der Waals surface area contributed by atoms with Crippen LogP contribution in [-0.2, 0) is 6.54 Å². The molecule has 1 aromatic carbocycles. The lowest BCUT2D eigenvalue weighted by Gasteiger charge is -2.00. The maximum atomic E-state index is 5.93. The number of methoxy groups -OCH3 is 1. The zero-order valence-electron chi connectivity index (χ0n) is 10.0. The Morgan fingerprint density at radius 2 is 2.06 bits per heavy atom. The average molecular weight is 261 g/mol. The van der Waals surface area contributed by atoms with Crippen LogP contribution in [0.4, 0.5) is 0 Å². The first-order valence-electron chi connectivity index (χ1n) is 5.53. The van der Waals surface area contributed by atoms with E-state index in [4.69, 9.17) is 16.3 Å². The molecule has 2 rings (SSSR count). The number of hydrogen-bond donors (Lipinski definition) is 0. The fraction of sp³-hybridized carbons (Fsp3) is 0.143. The number of pyridine rings is 1. The normalized spacial score (nSPS) is 10.8. The summed E-state index contributed by atoms with van der Waals surface area (Å²) >= 11 is 5.93. The Morgan fingerprint density at radius 3 is 2.72 bits per heavy atom.